The summed E-state index contributed by atoms with van der Waals surface area (Å²) in [7, 11) is -2.47. The fraction of sp³-hybridized carbons (Fsp3) is 0.316. The summed E-state index contributed by atoms with van der Waals surface area (Å²) in [5.74, 6) is -1.25. The van der Waals surface area contributed by atoms with Crippen LogP contribution in [0.2, 0.25) is 0 Å². The van der Waals surface area contributed by atoms with Crippen LogP contribution >= 0.6 is 0 Å². The van der Waals surface area contributed by atoms with Crippen LogP contribution in [-0.4, -0.2) is 33.1 Å². The summed E-state index contributed by atoms with van der Waals surface area (Å²) in [4.78, 5) is 10.8. The van der Waals surface area contributed by atoms with Crippen molar-refractivity contribution in [2.45, 2.75) is 30.6 Å². The van der Waals surface area contributed by atoms with Crippen LogP contribution in [0.15, 0.2) is 41.3 Å². The first-order chi connectivity index (χ1) is 12.7. The normalized spacial score (nSPS) is 16.3. The highest BCUT2D eigenvalue weighted by Gasteiger charge is 2.37. The number of hydrogen-bond acceptors (Lipinski definition) is 4. The molecule has 1 aliphatic rings. The largest absolute Gasteiger partial charge is 0.497 e. The van der Waals surface area contributed by atoms with Crippen molar-refractivity contribution in [1.29, 1.82) is 0 Å². The molecule has 6 nitrogen and oxygen atoms in total. The van der Waals surface area contributed by atoms with E-state index in [4.69, 9.17) is 9.84 Å². The first-order valence-electron chi connectivity index (χ1n) is 8.42. The Hall–Kier alpha value is -2.61. The smallest absolute Gasteiger partial charge is 0.303 e. The Bertz CT molecular complexity index is 990. The molecule has 0 amide bonds. The predicted molar refractivity (Wildman–Crippen MR) is 98.3 cm³/mol. The van der Waals surface area contributed by atoms with Gasteiger partial charge in [-0.25, -0.2) is 12.8 Å². The number of methoxy groups -OCH3 is 1. The van der Waals surface area contributed by atoms with Crippen molar-refractivity contribution in [3.8, 4) is 5.75 Å². The van der Waals surface area contributed by atoms with E-state index in [1.165, 1.54) is 23.5 Å². The number of fused-ring (bicyclic) bond motifs is 1. The van der Waals surface area contributed by atoms with Gasteiger partial charge in [-0.15, -0.1) is 0 Å². The van der Waals surface area contributed by atoms with Crippen molar-refractivity contribution in [2.24, 2.45) is 0 Å². The van der Waals surface area contributed by atoms with Crippen molar-refractivity contribution < 1.29 is 27.4 Å². The zero-order chi connectivity index (χ0) is 19.8. The number of halogens is 1. The van der Waals surface area contributed by atoms with Crippen molar-refractivity contribution in [3.63, 3.8) is 0 Å². The lowest BCUT2D eigenvalue weighted by molar-refractivity contribution is -0.137. The van der Waals surface area contributed by atoms with Crippen LogP contribution in [0.4, 0.5) is 10.1 Å². The van der Waals surface area contributed by atoms with E-state index in [1.54, 1.807) is 25.1 Å². The van der Waals surface area contributed by atoms with E-state index in [0.29, 0.717) is 29.0 Å². The van der Waals surface area contributed by atoms with Crippen LogP contribution in [0, 0.1) is 12.7 Å². The minimum atomic E-state index is -3.98. The van der Waals surface area contributed by atoms with Gasteiger partial charge in [-0.2, -0.15) is 0 Å². The number of rotatable bonds is 6. The minimum Gasteiger partial charge on any atom is -0.497 e. The standard InChI is InChI=1S/C19H20FNO5S/c1-12-3-6-15(10-17(12)20)27(24,25)21-11-13(4-8-19(22)23)16-9-14(26-2)5-7-18(16)21/h3,5-7,9-10,13H,4,8,11H2,1-2H3,(H,22,23). The number of nitrogens with zero attached hydrogens (tertiary/aromatic N) is 1. The molecule has 0 saturated carbocycles. The number of aryl methyl sites for hydroxylation is 1. The van der Waals surface area contributed by atoms with Crippen LogP contribution in [0.1, 0.15) is 29.9 Å². The first kappa shape index (κ1) is 19.2. The van der Waals surface area contributed by atoms with Crippen LogP contribution in [0.25, 0.3) is 0 Å². The fourth-order valence-electron chi connectivity index (χ4n) is 3.24. The molecule has 1 N–H and O–H groups in total. The van der Waals surface area contributed by atoms with E-state index in [2.05, 4.69) is 0 Å². The zero-order valence-electron chi connectivity index (χ0n) is 15.0. The van der Waals surface area contributed by atoms with E-state index in [9.17, 15) is 17.6 Å². The number of ether oxygens (including phenoxy) is 1. The Labute approximate surface area is 157 Å². The first-order valence-corrected chi connectivity index (χ1v) is 9.86. The molecule has 2 aromatic rings. The maximum absolute atomic E-state index is 13.9. The highest BCUT2D eigenvalue weighted by atomic mass is 32.2. The van der Waals surface area contributed by atoms with Gasteiger partial charge in [0.15, 0.2) is 0 Å². The van der Waals surface area contributed by atoms with Gasteiger partial charge in [0.25, 0.3) is 10.0 Å². The van der Waals surface area contributed by atoms with Gasteiger partial charge in [0.1, 0.15) is 11.6 Å². The summed E-state index contributed by atoms with van der Waals surface area (Å²) in [6.45, 7) is 1.67. The quantitative estimate of drug-likeness (QED) is 0.814. The lowest BCUT2D eigenvalue weighted by Gasteiger charge is -2.20. The summed E-state index contributed by atoms with van der Waals surface area (Å²) in [6.07, 6.45) is 0.220. The van der Waals surface area contributed by atoms with Crippen molar-refractivity contribution in [3.05, 3.63) is 53.3 Å². The molecule has 1 aliphatic heterocycles. The Morgan fingerprint density at radius 3 is 2.67 bits per heavy atom. The van der Waals surface area contributed by atoms with Gasteiger partial charge in [-0.1, -0.05) is 6.07 Å². The van der Waals surface area contributed by atoms with E-state index in [-0.39, 0.29) is 23.8 Å². The Kier molecular flexibility index (Phi) is 5.10. The maximum Gasteiger partial charge on any atom is 0.303 e. The molecular weight excluding hydrogens is 373 g/mol. The highest BCUT2D eigenvalue weighted by molar-refractivity contribution is 7.92. The van der Waals surface area contributed by atoms with Gasteiger partial charge in [0, 0.05) is 18.9 Å². The second-order valence-corrected chi connectivity index (χ2v) is 8.36. The summed E-state index contributed by atoms with van der Waals surface area (Å²) in [5.41, 5.74) is 1.54. The van der Waals surface area contributed by atoms with Crippen LogP contribution in [0.3, 0.4) is 0 Å². The number of carbonyl (C=O) groups is 1. The lowest BCUT2D eigenvalue weighted by Crippen LogP contribution is -2.30. The topological polar surface area (TPSA) is 83.9 Å². The van der Waals surface area contributed by atoms with Crippen LogP contribution < -0.4 is 9.04 Å². The third kappa shape index (κ3) is 3.62. The van der Waals surface area contributed by atoms with Gasteiger partial charge >= 0.3 is 5.97 Å². The van der Waals surface area contributed by atoms with Crippen molar-refractivity contribution in [2.75, 3.05) is 18.0 Å². The molecule has 3 rings (SSSR count). The van der Waals surface area contributed by atoms with Gasteiger partial charge in [-0.05, 0) is 54.8 Å². The maximum atomic E-state index is 13.9. The second kappa shape index (κ2) is 7.19. The number of sulfonamides is 1. The minimum absolute atomic E-state index is 0.0750. The van der Waals surface area contributed by atoms with Crippen LogP contribution in [0.5, 0.6) is 5.75 Å². The predicted octanol–water partition coefficient (Wildman–Crippen LogP) is 3.30. The van der Waals surface area contributed by atoms with E-state index in [0.717, 1.165) is 6.07 Å². The molecule has 8 heteroatoms. The number of hydrogen-bond donors (Lipinski definition) is 1. The van der Waals surface area contributed by atoms with Crippen molar-refractivity contribution in [1.82, 2.24) is 0 Å². The Morgan fingerprint density at radius 1 is 1.30 bits per heavy atom. The Morgan fingerprint density at radius 2 is 2.04 bits per heavy atom. The number of aliphatic carboxylic acids is 1. The summed E-state index contributed by atoms with van der Waals surface area (Å²) < 4.78 is 46.6. The molecule has 1 atom stereocenters. The van der Waals surface area contributed by atoms with Gasteiger partial charge in [-0.3, -0.25) is 9.10 Å². The zero-order valence-corrected chi connectivity index (χ0v) is 15.8. The molecule has 1 unspecified atom stereocenters. The molecule has 0 fully saturated rings. The molecule has 0 aromatic heterocycles. The van der Waals surface area contributed by atoms with Crippen LogP contribution in [-0.2, 0) is 14.8 Å². The van der Waals surface area contributed by atoms with Gasteiger partial charge in [0.05, 0.1) is 17.7 Å². The van der Waals surface area contributed by atoms with Gasteiger partial charge in [0.2, 0.25) is 0 Å². The van der Waals surface area contributed by atoms with Crippen molar-refractivity contribution >= 4 is 21.7 Å². The summed E-state index contributed by atoms with van der Waals surface area (Å²) in [5, 5.41) is 8.98. The van der Waals surface area contributed by atoms with E-state index >= 15 is 0 Å². The fourth-order valence-corrected chi connectivity index (χ4v) is 4.79. The average molecular weight is 393 g/mol. The lowest BCUT2D eigenvalue weighted by atomic mass is 9.96. The third-order valence-corrected chi connectivity index (χ3v) is 6.54. The number of benzene rings is 2. The monoisotopic (exact) mass is 393 g/mol. The molecule has 144 valence electrons. The molecule has 1 heterocycles. The third-order valence-electron chi connectivity index (χ3n) is 4.77. The molecule has 0 spiro atoms. The number of carboxylic acid groups (broad SMARTS) is 1. The number of anilines is 1. The number of carboxylic acids is 1. The van der Waals surface area contributed by atoms with E-state index < -0.39 is 21.8 Å². The second-order valence-electron chi connectivity index (χ2n) is 6.50. The van der Waals surface area contributed by atoms with Gasteiger partial charge < -0.3 is 9.84 Å². The van der Waals surface area contributed by atoms with E-state index in [1.807, 2.05) is 0 Å². The molecule has 2 aromatic carbocycles. The molecular formula is C19H20FNO5S. The molecule has 0 saturated heterocycles. The summed E-state index contributed by atoms with van der Waals surface area (Å²) in [6, 6.07) is 8.83. The highest BCUT2D eigenvalue weighted by Crippen LogP contribution is 2.43. The SMILES string of the molecule is COc1ccc2c(c1)C(CCC(=O)O)CN2S(=O)(=O)c1ccc(C)c(F)c1. The molecule has 0 radical (unpaired) electrons. The summed E-state index contributed by atoms with van der Waals surface area (Å²) >= 11 is 0. The molecule has 0 aliphatic carbocycles. The average Bonchev–Trinajstić information content (AvgIpc) is 3.00. The molecule has 27 heavy (non-hydrogen) atoms. The molecule has 0 bridgehead atoms. The Balaban J connectivity index is 2.03.